The Bertz CT molecular complexity index is 655. The van der Waals surface area contributed by atoms with Gasteiger partial charge in [0.2, 0.25) is 0 Å². The zero-order chi connectivity index (χ0) is 13.3. The second-order valence-corrected chi connectivity index (χ2v) is 4.88. The molecule has 2 rings (SSSR count). The van der Waals surface area contributed by atoms with Crippen molar-refractivity contribution in [1.29, 1.82) is 0 Å². The van der Waals surface area contributed by atoms with Gasteiger partial charge in [-0.15, -0.1) is 0 Å². The van der Waals surface area contributed by atoms with Gasteiger partial charge in [0.15, 0.2) is 11.6 Å². The SMILES string of the molecule is CCc1cc(=S)nc(-c2ccc(F)c(F)c2Br)[nH]1. The van der Waals surface area contributed by atoms with Crippen molar-refractivity contribution >= 4 is 28.1 Å². The van der Waals surface area contributed by atoms with Crippen LogP contribution in [0.4, 0.5) is 8.78 Å². The zero-order valence-corrected chi connectivity index (χ0v) is 11.8. The predicted octanol–water partition coefficient (Wildman–Crippen LogP) is 4.41. The van der Waals surface area contributed by atoms with Crippen molar-refractivity contribution < 1.29 is 8.78 Å². The fraction of sp³-hybridized carbons (Fsp3) is 0.167. The second-order valence-electron chi connectivity index (χ2n) is 3.67. The first-order valence-electron chi connectivity index (χ1n) is 5.27. The highest BCUT2D eigenvalue weighted by atomic mass is 79.9. The largest absolute Gasteiger partial charge is 0.343 e. The van der Waals surface area contributed by atoms with Crippen LogP contribution in [0.15, 0.2) is 22.7 Å². The number of halogens is 3. The molecule has 1 N–H and O–H groups in total. The molecule has 94 valence electrons. The second kappa shape index (κ2) is 5.24. The molecular formula is C12H9BrF2N2S. The highest BCUT2D eigenvalue weighted by molar-refractivity contribution is 9.10. The van der Waals surface area contributed by atoms with Crippen LogP contribution in [-0.2, 0) is 6.42 Å². The number of aromatic amines is 1. The van der Waals surface area contributed by atoms with Gasteiger partial charge in [0.1, 0.15) is 10.5 Å². The van der Waals surface area contributed by atoms with Crippen LogP contribution < -0.4 is 0 Å². The van der Waals surface area contributed by atoms with Gasteiger partial charge in [0, 0.05) is 11.3 Å². The number of hydrogen-bond acceptors (Lipinski definition) is 2. The maximum Gasteiger partial charge on any atom is 0.173 e. The van der Waals surface area contributed by atoms with Crippen molar-refractivity contribution in [3.8, 4) is 11.4 Å². The Labute approximate surface area is 116 Å². The van der Waals surface area contributed by atoms with Gasteiger partial charge in [-0.2, -0.15) is 0 Å². The number of benzene rings is 1. The fourth-order valence-corrected chi connectivity index (χ4v) is 2.28. The number of aryl methyl sites for hydroxylation is 1. The number of aromatic nitrogens is 2. The summed E-state index contributed by atoms with van der Waals surface area (Å²) in [6, 6.07) is 4.26. The van der Waals surface area contributed by atoms with Crippen LogP contribution >= 0.6 is 28.1 Å². The minimum Gasteiger partial charge on any atom is -0.343 e. The molecule has 0 radical (unpaired) electrons. The van der Waals surface area contributed by atoms with E-state index in [1.165, 1.54) is 6.07 Å². The molecular weight excluding hydrogens is 322 g/mol. The minimum atomic E-state index is -0.935. The van der Waals surface area contributed by atoms with E-state index >= 15 is 0 Å². The van der Waals surface area contributed by atoms with Crippen LogP contribution in [-0.4, -0.2) is 9.97 Å². The number of rotatable bonds is 2. The summed E-state index contributed by atoms with van der Waals surface area (Å²) in [5.74, 6) is -1.42. The van der Waals surface area contributed by atoms with Gasteiger partial charge in [-0.25, -0.2) is 13.8 Å². The molecule has 1 heterocycles. The monoisotopic (exact) mass is 330 g/mol. The normalized spacial score (nSPS) is 10.7. The van der Waals surface area contributed by atoms with Crippen LogP contribution in [0.3, 0.4) is 0 Å². The Morgan fingerprint density at radius 3 is 2.78 bits per heavy atom. The Morgan fingerprint density at radius 1 is 1.39 bits per heavy atom. The molecule has 2 aromatic rings. The van der Waals surface area contributed by atoms with Crippen LogP contribution in [0.5, 0.6) is 0 Å². The molecule has 0 bridgehead atoms. The molecule has 0 saturated heterocycles. The molecule has 0 aliphatic heterocycles. The van der Waals surface area contributed by atoms with Crippen molar-refractivity contribution in [2.75, 3.05) is 0 Å². The van der Waals surface area contributed by atoms with Gasteiger partial charge in [0.25, 0.3) is 0 Å². The van der Waals surface area contributed by atoms with Gasteiger partial charge < -0.3 is 4.98 Å². The molecule has 0 spiro atoms. The summed E-state index contributed by atoms with van der Waals surface area (Å²) in [6.07, 6.45) is 0.750. The first kappa shape index (κ1) is 13.3. The Morgan fingerprint density at radius 2 is 2.11 bits per heavy atom. The van der Waals surface area contributed by atoms with E-state index in [-0.39, 0.29) is 4.47 Å². The lowest BCUT2D eigenvalue weighted by atomic mass is 10.2. The quantitative estimate of drug-likeness (QED) is 0.652. The molecule has 0 aliphatic rings. The van der Waals surface area contributed by atoms with Gasteiger partial charge >= 0.3 is 0 Å². The predicted molar refractivity (Wildman–Crippen MR) is 71.9 cm³/mol. The van der Waals surface area contributed by atoms with Gasteiger partial charge in [0.05, 0.1) is 4.47 Å². The third-order valence-electron chi connectivity index (χ3n) is 2.47. The maximum atomic E-state index is 13.5. The Balaban J connectivity index is 2.66. The standard InChI is InChI=1S/C12H9BrF2N2S/c1-2-6-5-9(18)17-12(16-6)7-3-4-8(14)11(15)10(7)13/h3-5H,2H2,1H3,(H,16,17,18). The van der Waals surface area contributed by atoms with E-state index in [0.29, 0.717) is 16.0 Å². The van der Waals surface area contributed by atoms with E-state index in [2.05, 4.69) is 25.9 Å². The molecule has 1 aromatic carbocycles. The third kappa shape index (κ3) is 2.49. The van der Waals surface area contributed by atoms with E-state index in [1.54, 1.807) is 6.07 Å². The highest BCUT2D eigenvalue weighted by Crippen LogP contribution is 2.29. The molecule has 0 saturated carbocycles. The molecule has 0 fully saturated rings. The van der Waals surface area contributed by atoms with E-state index in [1.807, 2.05) is 6.92 Å². The van der Waals surface area contributed by atoms with E-state index in [0.717, 1.165) is 18.2 Å². The average Bonchev–Trinajstić information content (AvgIpc) is 2.35. The summed E-state index contributed by atoms with van der Waals surface area (Å²) in [4.78, 5) is 7.17. The van der Waals surface area contributed by atoms with Crippen molar-refractivity contribution in [1.82, 2.24) is 9.97 Å². The maximum absolute atomic E-state index is 13.5. The number of hydrogen-bond donors (Lipinski definition) is 1. The lowest BCUT2D eigenvalue weighted by Gasteiger charge is -2.07. The van der Waals surface area contributed by atoms with Crippen LogP contribution in [0.1, 0.15) is 12.6 Å². The molecule has 1 aromatic heterocycles. The van der Waals surface area contributed by atoms with Gasteiger partial charge in [-0.05, 0) is 40.5 Å². The molecule has 6 heteroatoms. The summed E-state index contributed by atoms with van der Waals surface area (Å²) >= 11 is 8.07. The topological polar surface area (TPSA) is 28.7 Å². The summed E-state index contributed by atoms with van der Waals surface area (Å²) < 4.78 is 27.0. The molecule has 0 atom stereocenters. The van der Waals surface area contributed by atoms with E-state index < -0.39 is 11.6 Å². The number of nitrogens with one attached hydrogen (secondary N) is 1. The zero-order valence-electron chi connectivity index (χ0n) is 9.43. The first-order chi connectivity index (χ1) is 8.52. The van der Waals surface area contributed by atoms with Crippen molar-refractivity contribution in [3.63, 3.8) is 0 Å². The van der Waals surface area contributed by atoms with E-state index in [9.17, 15) is 8.78 Å². The van der Waals surface area contributed by atoms with Crippen LogP contribution in [0.25, 0.3) is 11.4 Å². The summed E-state index contributed by atoms with van der Waals surface area (Å²) in [5.41, 5.74) is 1.33. The summed E-state index contributed by atoms with van der Waals surface area (Å²) in [5, 5.41) is 0. The fourth-order valence-electron chi connectivity index (χ4n) is 1.53. The number of H-pyrrole nitrogens is 1. The minimum absolute atomic E-state index is 0.0360. The van der Waals surface area contributed by atoms with Crippen LogP contribution in [0.2, 0.25) is 0 Å². The molecule has 0 unspecified atom stereocenters. The molecule has 2 nitrogen and oxygen atoms in total. The Kier molecular flexibility index (Phi) is 3.87. The summed E-state index contributed by atoms with van der Waals surface area (Å²) in [7, 11) is 0. The third-order valence-corrected chi connectivity index (χ3v) is 3.45. The van der Waals surface area contributed by atoms with Gasteiger partial charge in [-0.1, -0.05) is 19.1 Å². The highest BCUT2D eigenvalue weighted by Gasteiger charge is 2.14. The van der Waals surface area contributed by atoms with Crippen molar-refractivity contribution in [2.24, 2.45) is 0 Å². The smallest absolute Gasteiger partial charge is 0.173 e. The first-order valence-corrected chi connectivity index (χ1v) is 6.47. The van der Waals surface area contributed by atoms with Crippen molar-refractivity contribution in [2.45, 2.75) is 13.3 Å². The summed E-state index contributed by atoms with van der Waals surface area (Å²) in [6.45, 7) is 1.96. The molecule has 18 heavy (non-hydrogen) atoms. The van der Waals surface area contributed by atoms with Crippen LogP contribution in [0, 0.1) is 16.3 Å². The lowest BCUT2D eigenvalue weighted by molar-refractivity contribution is 0.504. The average molecular weight is 331 g/mol. The number of nitrogens with zero attached hydrogens (tertiary/aromatic N) is 1. The van der Waals surface area contributed by atoms with Gasteiger partial charge in [-0.3, -0.25) is 0 Å². The van der Waals surface area contributed by atoms with E-state index in [4.69, 9.17) is 12.2 Å². The lowest BCUT2D eigenvalue weighted by Crippen LogP contribution is -1.97. The van der Waals surface area contributed by atoms with Crippen molar-refractivity contribution in [3.05, 3.63) is 44.6 Å². The molecule has 0 amide bonds. The molecule has 0 aliphatic carbocycles. The Hall–Kier alpha value is -1.14.